The van der Waals surface area contributed by atoms with Gasteiger partial charge in [0.1, 0.15) is 0 Å². The highest BCUT2D eigenvalue weighted by molar-refractivity contribution is 7.85. The molecule has 2 amide bonds. The first kappa shape index (κ1) is 11.6. The van der Waals surface area contributed by atoms with Crippen LogP contribution in [0.4, 0.5) is 4.79 Å². The molecule has 0 aromatic carbocycles. The van der Waals surface area contributed by atoms with Crippen molar-refractivity contribution in [1.82, 2.24) is 4.90 Å². The normalized spacial score (nSPS) is 34.6. The molecule has 2 fully saturated rings. The first-order chi connectivity index (χ1) is 7.59. The molecule has 16 heavy (non-hydrogen) atoms. The smallest absolute Gasteiger partial charge is 0.417 e. The maximum Gasteiger partial charge on any atom is 0.417 e. The SMILES string of the molecule is CCCN1C(=O)OC2(CCS(=O)CC2)C1=O. The Morgan fingerprint density at radius 3 is 2.56 bits per heavy atom. The van der Waals surface area contributed by atoms with E-state index in [0.717, 1.165) is 6.42 Å². The van der Waals surface area contributed by atoms with Crippen molar-refractivity contribution >= 4 is 22.8 Å². The van der Waals surface area contributed by atoms with Gasteiger partial charge in [-0.2, -0.15) is 0 Å². The van der Waals surface area contributed by atoms with E-state index in [4.69, 9.17) is 4.74 Å². The second-order valence-corrected chi connectivity index (χ2v) is 5.86. The molecule has 0 aromatic rings. The summed E-state index contributed by atoms with van der Waals surface area (Å²) in [6.45, 7) is 2.31. The molecule has 2 saturated heterocycles. The summed E-state index contributed by atoms with van der Waals surface area (Å²) in [6, 6.07) is 0. The Morgan fingerprint density at radius 2 is 2.00 bits per heavy atom. The lowest BCUT2D eigenvalue weighted by Crippen LogP contribution is -2.45. The van der Waals surface area contributed by atoms with Crippen LogP contribution in [0.25, 0.3) is 0 Å². The van der Waals surface area contributed by atoms with Gasteiger partial charge >= 0.3 is 6.09 Å². The summed E-state index contributed by atoms with van der Waals surface area (Å²) in [6.07, 6.45) is 0.969. The van der Waals surface area contributed by atoms with Gasteiger partial charge in [0, 0.05) is 41.7 Å². The van der Waals surface area contributed by atoms with Gasteiger partial charge in [0.25, 0.3) is 5.91 Å². The molecule has 2 aliphatic heterocycles. The zero-order valence-electron chi connectivity index (χ0n) is 9.23. The predicted octanol–water partition coefficient (Wildman–Crippen LogP) is 0.657. The Bertz CT molecular complexity index is 345. The van der Waals surface area contributed by atoms with E-state index in [-0.39, 0.29) is 5.91 Å². The molecule has 5 nitrogen and oxygen atoms in total. The summed E-state index contributed by atoms with van der Waals surface area (Å²) >= 11 is 0. The third kappa shape index (κ3) is 1.75. The molecular weight excluding hydrogens is 230 g/mol. The monoisotopic (exact) mass is 245 g/mol. The van der Waals surface area contributed by atoms with Crippen molar-refractivity contribution < 1.29 is 18.5 Å². The number of hydrogen-bond donors (Lipinski definition) is 0. The number of rotatable bonds is 2. The zero-order chi connectivity index (χ0) is 11.8. The van der Waals surface area contributed by atoms with Crippen molar-refractivity contribution in [2.75, 3.05) is 18.1 Å². The van der Waals surface area contributed by atoms with E-state index in [1.54, 1.807) is 0 Å². The van der Waals surface area contributed by atoms with Crippen molar-refractivity contribution in [1.29, 1.82) is 0 Å². The summed E-state index contributed by atoms with van der Waals surface area (Å²) in [5.74, 6) is 0.647. The van der Waals surface area contributed by atoms with Gasteiger partial charge in [-0.3, -0.25) is 9.00 Å². The number of carbonyl (C=O) groups is 2. The van der Waals surface area contributed by atoms with Gasteiger partial charge < -0.3 is 4.74 Å². The summed E-state index contributed by atoms with van der Waals surface area (Å²) in [5.41, 5.74) is -1.000. The highest BCUT2D eigenvalue weighted by Crippen LogP contribution is 2.34. The second kappa shape index (κ2) is 4.16. The molecule has 2 rings (SSSR count). The van der Waals surface area contributed by atoms with Gasteiger partial charge in [-0.25, -0.2) is 9.69 Å². The molecule has 0 aliphatic carbocycles. The lowest BCUT2D eigenvalue weighted by Gasteiger charge is -2.28. The van der Waals surface area contributed by atoms with Crippen LogP contribution in [0.15, 0.2) is 0 Å². The van der Waals surface area contributed by atoms with Crippen molar-refractivity contribution in [3.8, 4) is 0 Å². The van der Waals surface area contributed by atoms with Gasteiger partial charge in [0.05, 0.1) is 0 Å². The Hall–Kier alpha value is -0.910. The number of ether oxygens (including phenoxy) is 1. The van der Waals surface area contributed by atoms with E-state index in [0.29, 0.717) is 30.9 Å². The van der Waals surface area contributed by atoms with Crippen molar-refractivity contribution in [3.05, 3.63) is 0 Å². The van der Waals surface area contributed by atoms with E-state index in [9.17, 15) is 13.8 Å². The summed E-state index contributed by atoms with van der Waals surface area (Å²) in [5, 5.41) is 0. The number of hydrogen-bond acceptors (Lipinski definition) is 4. The predicted molar refractivity (Wildman–Crippen MR) is 58.3 cm³/mol. The van der Waals surface area contributed by atoms with Crippen LogP contribution in [0.1, 0.15) is 26.2 Å². The van der Waals surface area contributed by atoms with E-state index < -0.39 is 22.5 Å². The molecule has 0 saturated carbocycles. The van der Waals surface area contributed by atoms with E-state index >= 15 is 0 Å². The van der Waals surface area contributed by atoms with Gasteiger partial charge in [0.2, 0.25) is 0 Å². The third-order valence-electron chi connectivity index (χ3n) is 3.05. The topological polar surface area (TPSA) is 63.7 Å². The largest absolute Gasteiger partial charge is 0.432 e. The molecule has 0 atom stereocenters. The Labute approximate surface area is 96.6 Å². The molecule has 0 radical (unpaired) electrons. The highest BCUT2D eigenvalue weighted by Gasteiger charge is 2.54. The van der Waals surface area contributed by atoms with Crippen LogP contribution in [0.3, 0.4) is 0 Å². The maximum atomic E-state index is 12.1. The average Bonchev–Trinajstić information content (AvgIpc) is 2.49. The van der Waals surface area contributed by atoms with Gasteiger partial charge in [-0.1, -0.05) is 6.92 Å². The first-order valence-corrected chi connectivity index (χ1v) is 6.98. The quantitative estimate of drug-likeness (QED) is 0.717. The zero-order valence-corrected chi connectivity index (χ0v) is 10.0. The number of imide groups is 1. The van der Waals surface area contributed by atoms with Crippen molar-refractivity contribution in [3.63, 3.8) is 0 Å². The molecule has 0 N–H and O–H groups in total. The molecule has 0 aromatic heterocycles. The van der Waals surface area contributed by atoms with E-state index in [1.165, 1.54) is 4.90 Å². The molecule has 0 bridgehead atoms. The minimum absolute atomic E-state index is 0.240. The molecule has 2 heterocycles. The van der Waals surface area contributed by atoms with Crippen LogP contribution in [-0.2, 0) is 20.3 Å². The molecule has 90 valence electrons. The number of amides is 2. The highest BCUT2D eigenvalue weighted by atomic mass is 32.2. The molecule has 1 spiro atoms. The molecule has 0 unspecified atom stereocenters. The third-order valence-corrected chi connectivity index (χ3v) is 4.37. The fraction of sp³-hybridized carbons (Fsp3) is 0.800. The fourth-order valence-electron chi connectivity index (χ4n) is 2.11. The van der Waals surface area contributed by atoms with Crippen LogP contribution in [0.2, 0.25) is 0 Å². The van der Waals surface area contributed by atoms with Crippen molar-refractivity contribution in [2.24, 2.45) is 0 Å². The average molecular weight is 245 g/mol. The van der Waals surface area contributed by atoms with Gasteiger partial charge in [-0.05, 0) is 6.42 Å². The lowest BCUT2D eigenvalue weighted by atomic mass is 9.96. The van der Waals surface area contributed by atoms with Crippen LogP contribution in [0, 0.1) is 0 Å². The van der Waals surface area contributed by atoms with Crippen LogP contribution < -0.4 is 0 Å². The summed E-state index contributed by atoms with van der Waals surface area (Å²) in [7, 11) is -0.865. The Morgan fingerprint density at radius 1 is 1.38 bits per heavy atom. The minimum atomic E-state index is -1.000. The number of carbonyl (C=O) groups excluding carboxylic acids is 2. The fourth-order valence-corrected chi connectivity index (χ4v) is 3.43. The number of nitrogens with zero attached hydrogens (tertiary/aromatic N) is 1. The Balaban J connectivity index is 2.16. The van der Waals surface area contributed by atoms with Crippen LogP contribution >= 0.6 is 0 Å². The molecule has 6 heteroatoms. The Kier molecular flexibility index (Phi) is 3.01. The summed E-state index contributed by atoms with van der Waals surface area (Å²) < 4.78 is 16.5. The van der Waals surface area contributed by atoms with E-state index in [2.05, 4.69) is 0 Å². The van der Waals surface area contributed by atoms with Crippen LogP contribution in [-0.4, -0.2) is 44.8 Å². The van der Waals surface area contributed by atoms with Crippen LogP contribution in [0.5, 0.6) is 0 Å². The summed E-state index contributed by atoms with van der Waals surface area (Å²) in [4.78, 5) is 24.8. The molecular formula is C10H15NO4S. The second-order valence-electron chi connectivity index (χ2n) is 4.17. The van der Waals surface area contributed by atoms with Crippen molar-refractivity contribution in [2.45, 2.75) is 31.8 Å². The van der Waals surface area contributed by atoms with Gasteiger partial charge in [-0.15, -0.1) is 0 Å². The molecule has 2 aliphatic rings. The minimum Gasteiger partial charge on any atom is -0.432 e. The standard InChI is InChI=1S/C10H15NO4S/c1-2-5-11-8(12)10(15-9(11)13)3-6-16(14)7-4-10/h2-7H2,1H3. The van der Waals surface area contributed by atoms with E-state index in [1.807, 2.05) is 6.92 Å². The maximum absolute atomic E-state index is 12.1. The lowest BCUT2D eigenvalue weighted by molar-refractivity contribution is -0.137. The van der Waals surface area contributed by atoms with Gasteiger partial charge in [0.15, 0.2) is 5.60 Å². The first-order valence-electron chi connectivity index (χ1n) is 5.49.